The van der Waals surface area contributed by atoms with Crippen molar-refractivity contribution in [2.75, 3.05) is 19.9 Å². The van der Waals surface area contributed by atoms with Crippen LogP contribution in [-0.2, 0) is 24.3 Å². The van der Waals surface area contributed by atoms with Crippen molar-refractivity contribution in [2.24, 2.45) is 0 Å². The third-order valence-electron chi connectivity index (χ3n) is 5.55. The van der Waals surface area contributed by atoms with Gasteiger partial charge in [0.05, 0.1) is 12.9 Å². The second-order valence-corrected chi connectivity index (χ2v) is 8.89. The Bertz CT molecular complexity index is 1190. The van der Waals surface area contributed by atoms with Crippen molar-refractivity contribution in [1.82, 2.24) is 19.7 Å². The smallest absolute Gasteiger partial charge is 0.233 e. The molecule has 0 unspecified atom stereocenters. The summed E-state index contributed by atoms with van der Waals surface area (Å²) in [5.74, 6) is 1.93. The monoisotopic (exact) mass is 472 g/mol. The number of ether oxygens (including phenoxy) is 1. The Hall–Kier alpha value is -3.58. The van der Waals surface area contributed by atoms with E-state index in [2.05, 4.69) is 26.9 Å². The second kappa shape index (κ2) is 11.5. The van der Waals surface area contributed by atoms with Crippen LogP contribution in [-0.4, -0.2) is 45.5 Å². The standard InChI is InChI=1S/C27H28N4O2S/c1-30(19-22-11-7-4-8-12-22)25(32)20-34-27-29-28-26(23-13-15-24(33-2)16-14-23)31(27)18-17-21-9-5-3-6-10-21/h3-16H,17-20H2,1-2H3. The molecule has 3 aromatic carbocycles. The Balaban J connectivity index is 1.49. The number of amides is 1. The van der Waals surface area contributed by atoms with Crippen molar-refractivity contribution < 1.29 is 9.53 Å². The summed E-state index contributed by atoms with van der Waals surface area (Å²) in [4.78, 5) is 14.5. The lowest BCUT2D eigenvalue weighted by Gasteiger charge is -2.17. The largest absolute Gasteiger partial charge is 0.497 e. The molecule has 34 heavy (non-hydrogen) atoms. The summed E-state index contributed by atoms with van der Waals surface area (Å²) in [5.41, 5.74) is 3.31. The third-order valence-corrected chi connectivity index (χ3v) is 6.50. The molecular weight excluding hydrogens is 444 g/mol. The van der Waals surface area contributed by atoms with E-state index in [1.54, 1.807) is 12.0 Å². The minimum atomic E-state index is 0.0532. The highest BCUT2D eigenvalue weighted by Gasteiger charge is 2.17. The highest BCUT2D eigenvalue weighted by molar-refractivity contribution is 7.99. The number of carbonyl (C=O) groups excluding carboxylic acids is 1. The van der Waals surface area contributed by atoms with Crippen LogP contribution in [0.5, 0.6) is 5.75 Å². The zero-order valence-corrected chi connectivity index (χ0v) is 20.2. The predicted octanol–water partition coefficient (Wildman–Crippen LogP) is 4.95. The molecule has 1 aromatic heterocycles. The molecule has 0 spiro atoms. The fourth-order valence-corrected chi connectivity index (χ4v) is 4.52. The average molecular weight is 473 g/mol. The van der Waals surface area contributed by atoms with E-state index < -0.39 is 0 Å². The van der Waals surface area contributed by atoms with Crippen molar-refractivity contribution in [3.8, 4) is 17.1 Å². The maximum Gasteiger partial charge on any atom is 0.233 e. The molecule has 4 aromatic rings. The summed E-state index contributed by atoms with van der Waals surface area (Å²) < 4.78 is 7.39. The van der Waals surface area contributed by atoms with E-state index in [0.29, 0.717) is 12.3 Å². The molecule has 0 aliphatic heterocycles. The Morgan fingerprint density at radius 2 is 1.56 bits per heavy atom. The molecule has 7 heteroatoms. The quantitative estimate of drug-likeness (QED) is 0.306. The SMILES string of the molecule is COc1ccc(-c2nnc(SCC(=O)N(C)Cc3ccccc3)n2CCc2ccccc2)cc1. The fourth-order valence-electron chi connectivity index (χ4n) is 3.62. The van der Waals surface area contributed by atoms with Crippen molar-refractivity contribution in [1.29, 1.82) is 0 Å². The minimum absolute atomic E-state index is 0.0532. The number of benzene rings is 3. The molecule has 0 N–H and O–H groups in total. The molecule has 0 saturated heterocycles. The van der Waals surface area contributed by atoms with Crippen molar-refractivity contribution in [3.05, 3.63) is 96.1 Å². The van der Waals surface area contributed by atoms with Crippen LogP contribution in [0.2, 0.25) is 0 Å². The van der Waals surface area contributed by atoms with Gasteiger partial charge in [0.25, 0.3) is 0 Å². The molecule has 0 saturated carbocycles. The van der Waals surface area contributed by atoms with Gasteiger partial charge in [0.1, 0.15) is 5.75 Å². The number of methoxy groups -OCH3 is 1. The summed E-state index contributed by atoms with van der Waals surface area (Å²) in [7, 11) is 3.48. The normalized spacial score (nSPS) is 10.8. The number of nitrogens with zero attached hydrogens (tertiary/aromatic N) is 4. The maximum atomic E-state index is 12.8. The van der Waals surface area contributed by atoms with E-state index in [1.807, 2.05) is 79.8 Å². The predicted molar refractivity (Wildman–Crippen MR) is 136 cm³/mol. The number of aryl methyl sites for hydroxylation is 1. The lowest BCUT2D eigenvalue weighted by molar-refractivity contribution is -0.127. The number of hydrogen-bond donors (Lipinski definition) is 0. The van der Waals surface area contributed by atoms with Gasteiger partial charge in [-0.3, -0.25) is 4.79 Å². The van der Waals surface area contributed by atoms with Crippen LogP contribution < -0.4 is 4.74 Å². The highest BCUT2D eigenvalue weighted by Crippen LogP contribution is 2.26. The van der Waals surface area contributed by atoms with E-state index in [4.69, 9.17) is 4.74 Å². The molecule has 0 aliphatic carbocycles. The lowest BCUT2D eigenvalue weighted by atomic mass is 10.1. The summed E-state index contributed by atoms with van der Waals surface area (Å²) in [6.45, 7) is 1.30. The summed E-state index contributed by atoms with van der Waals surface area (Å²) in [6.07, 6.45) is 0.845. The van der Waals surface area contributed by atoms with Gasteiger partial charge < -0.3 is 14.2 Å². The summed E-state index contributed by atoms with van der Waals surface area (Å²) in [6, 6.07) is 28.1. The molecule has 0 bridgehead atoms. The maximum absolute atomic E-state index is 12.8. The number of thioether (sulfide) groups is 1. The Kier molecular flexibility index (Phi) is 7.99. The lowest BCUT2D eigenvalue weighted by Crippen LogP contribution is -2.27. The first-order chi connectivity index (χ1) is 16.6. The molecule has 1 amide bonds. The van der Waals surface area contributed by atoms with Gasteiger partial charge in [0.2, 0.25) is 5.91 Å². The van der Waals surface area contributed by atoms with E-state index in [-0.39, 0.29) is 5.91 Å². The van der Waals surface area contributed by atoms with Gasteiger partial charge >= 0.3 is 0 Å². The highest BCUT2D eigenvalue weighted by atomic mass is 32.2. The van der Waals surface area contributed by atoms with Gasteiger partial charge in [-0.25, -0.2) is 0 Å². The van der Waals surface area contributed by atoms with Gasteiger partial charge in [0, 0.05) is 25.7 Å². The first-order valence-electron chi connectivity index (χ1n) is 11.2. The molecule has 0 fully saturated rings. The number of carbonyl (C=O) groups is 1. The van der Waals surface area contributed by atoms with Crippen molar-refractivity contribution in [3.63, 3.8) is 0 Å². The second-order valence-electron chi connectivity index (χ2n) is 7.95. The molecule has 4 rings (SSSR count). The van der Waals surface area contributed by atoms with Gasteiger partial charge in [-0.05, 0) is 41.8 Å². The van der Waals surface area contributed by atoms with Crippen LogP contribution in [0.25, 0.3) is 11.4 Å². The Morgan fingerprint density at radius 3 is 2.21 bits per heavy atom. The van der Waals surface area contributed by atoms with E-state index >= 15 is 0 Å². The molecule has 0 aliphatic rings. The van der Waals surface area contributed by atoms with Crippen LogP contribution in [0.1, 0.15) is 11.1 Å². The van der Waals surface area contributed by atoms with Crippen molar-refractivity contribution >= 4 is 17.7 Å². The number of aromatic nitrogens is 3. The van der Waals surface area contributed by atoms with E-state index in [0.717, 1.165) is 40.8 Å². The first-order valence-corrected chi connectivity index (χ1v) is 12.1. The van der Waals surface area contributed by atoms with E-state index in [1.165, 1.54) is 17.3 Å². The van der Waals surface area contributed by atoms with Crippen LogP contribution in [0.3, 0.4) is 0 Å². The van der Waals surface area contributed by atoms with Crippen molar-refractivity contribution in [2.45, 2.75) is 24.7 Å². The van der Waals surface area contributed by atoms with Crippen LogP contribution >= 0.6 is 11.8 Å². The summed E-state index contributed by atoms with van der Waals surface area (Å²) in [5, 5.41) is 9.65. The number of rotatable bonds is 10. The Morgan fingerprint density at radius 1 is 0.912 bits per heavy atom. The minimum Gasteiger partial charge on any atom is -0.497 e. The Labute approximate surface area is 204 Å². The van der Waals surface area contributed by atoms with Gasteiger partial charge in [-0.15, -0.1) is 10.2 Å². The average Bonchev–Trinajstić information content (AvgIpc) is 3.30. The molecule has 6 nitrogen and oxygen atoms in total. The zero-order valence-electron chi connectivity index (χ0n) is 19.4. The van der Waals surface area contributed by atoms with Gasteiger partial charge in [-0.1, -0.05) is 72.4 Å². The van der Waals surface area contributed by atoms with Crippen LogP contribution in [0.4, 0.5) is 0 Å². The molecule has 174 valence electrons. The van der Waals surface area contributed by atoms with Gasteiger partial charge in [0.15, 0.2) is 11.0 Å². The number of hydrogen-bond acceptors (Lipinski definition) is 5. The topological polar surface area (TPSA) is 60.3 Å². The van der Waals surface area contributed by atoms with E-state index in [9.17, 15) is 4.79 Å². The molecule has 0 atom stereocenters. The van der Waals surface area contributed by atoms with Gasteiger partial charge in [-0.2, -0.15) is 0 Å². The molecule has 0 radical (unpaired) electrons. The molecule has 1 heterocycles. The first kappa shape index (κ1) is 23.6. The fraction of sp³-hybridized carbons (Fsp3) is 0.222. The zero-order chi connectivity index (χ0) is 23.8. The van der Waals surface area contributed by atoms with Crippen LogP contribution in [0, 0.1) is 0 Å². The third kappa shape index (κ3) is 6.05. The van der Waals surface area contributed by atoms with Crippen LogP contribution in [0.15, 0.2) is 90.1 Å². The summed E-state index contributed by atoms with van der Waals surface area (Å²) >= 11 is 1.43. The molecular formula is C27H28N4O2S.